The molecule has 0 radical (unpaired) electrons. The number of hydrogen-bond donors (Lipinski definition) is 0. The van der Waals surface area contributed by atoms with Crippen molar-refractivity contribution in [3.63, 3.8) is 0 Å². The Balaban J connectivity index is 1.68. The van der Waals surface area contributed by atoms with E-state index < -0.39 is 0 Å². The highest BCUT2D eigenvalue weighted by molar-refractivity contribution is 5.78. The second kappa shape index (κ2) is 13.0. The zero-order valence-electron chi connectivity index (χ0n) is 20.2. The number of piperidine rings is 2. The molecule has 2 aliphatic heterocycles. The molecule has 0 N–H and O–H groups in total. The van der Waals surface area contributed by atoms with Crippen LogP contribution in [0.15, 0.2) is 0 Å². The minimum absolute atomic E-state index is 0.278. The summed E-state index contributed by atoms with van der Waals surface area (Å²) < 4.78 is 0. The van der Waals surface area contributed by atoms with Gasteiger partial charge in [0.25, 0.3) is 0 Å². The van der Waals surface area contributed by atoms with Crippen LogP contribution < -0.4 is 0 Å². The van der Waals surface area contributed by atoms with Crippen molar-refractivity contribution in [2.45, 2.75) is 111 Å². The topological polar surface area (TPSA) is 23.6 Å². The first-order valence-corrected chi connectivity index (χ1v) is 13.0. The third-order valence-electron chi connectivity index (χ3n) is 7.90. The van der Waals surface area contributed by atoms with E-state index in [4.69, 9.17) is 0 Å². The summed E-state index contributed by atoms with van der Waals surface area (Å²) in [6.07, 6.45) is 16.5. The molecule has 2 heterocycles. The third kappa shape index (κ3) is 7.89. The Bertz CT molecular complexity index is 440. The lowest BCUT2D eigenvalue weighted by atomic mass is 9.71. The molecule has 170 valence electrons. The molecule has 0 aromatic rings. The standard InChI is InChI=1S/C26H50N2O/c1-5-8-12-23(4)13-9-18-27-19-14-26(15-20-27)16-21-28(22-17-26)25(29)24(10-6-2)11-7-3/h23-24H,5-22H2,1-4H3. The summed E-state index contributed by atoms with van der Waals surface area (Å²) in [6.45, 7) is 15.0. The van der Waals surface area contributed by atoms with Crippen LogP contribution in [0.4, 0.5) is 0 Å². The summed E-state index contributed by atoms with van der Waals surface area (Å²) in [5.74, 6) is 1.64. The van der Waals surface area contributed by atoms with Crippen LogP contribution in [0.3, 0.4) is 0 Å². The summed E-state index contributed by atoms with van der Waals surface area (Å²) in [4.78, 5) is 17.9. The Hall–Kier alpha value is -0.570. The van der Waals surface area contributed by atoms with E-state index in [1.165, 1.54) is 77.4 Å². The molecule has 3 nitrogen and oxygen atoms in total. The van der Waals surface area contributed by atoms with Crippen molar-refractivity contribution in [1.29, 1.82) is 0 Å². The van der Waals surface area contributed by atoms with E-state index in [1.54, 1.807) is 0 Å². The Morgan fingerprint density at radius 2 is 1.34 bits per heavy atom. The zero-order valence-corrected chi connectivity index (χ0v) is 20.2. The number of unbranched alkanes of at least 4 members (excludes halogenated alkanes) is 1. The highest BCUT2D eigenvalue weighted by Gasteiger charge is 2.39. The van der Waals surface area contributed by atoms with E-state index in [9.17, 15) is 4.79 Å². The molecule has 1 amide bonds. The molecule has 1 spiro atoms. The van der Waals surface area contributed by atoms with Crippen LogP contribution in [0.5, 0.6) is 0 Å². The molecule has 0 aromatic heterocycles. The highest BCUT2D eigenvalue weighted by atomic mass is 16.2. The van der Waals surface area contributed by atoms with Crippen LogP contribution in [0, 0.1) is 17.3 Å². The Morgan fingerprint density at radius 3 is 1.90 bits per heavy atom. The van der Waals surface area contributed by atoms with Crippen LogP contribution in [0.1, 0.15) is 111 Å². The monoisotopic (exact) mass is 406 g/mol. The van der Waals surface area contributed by atoms with Gasteiger partial charge in [0.2, 0.25) is 5.91 Å². The first-order chi connectivity index (χ1) is 14.0. The van der Waals surface area contributed by atoms with Gasteiger partial charge in [0.1, 0.15) is 0 Å². The zero-order chi connectivity index (χ0) is 21.1. The molecule has 0 bridgehead atoms. The van der Waals surface area contributed by atoms with Crippen LogP contribution >= 0.6 is 0 Å². The molecule has 29 heavy (non-hydrogen) atoms. The van der Waals surface area contributed by atoms with Gasteiger partial charge in [-0.1, -0.05) is 59.8 Å². The van der Waals surface area contributed by atoms with Gasteiger partial charge in [-0.05, 0) is 82.3 Å². The van der Waals surface area contributed by atoms with E-state index in [1.807, 2.05) is 0 Å². The lowest BCUT2D eigenvalue weighted by Crippen LogP contribution is -2.49. The number of carbonyl (C=O) groups is 1. The molecule has 1 unspecified atom stereocenters. The molecule has 0 aromatic carbocycles. The van der Waals surface area contributed by atoms with E-state index in [-0.39, 0.29) is 5.92 Å². The summed E-state index contributed by atoms with van der Waals surface area (Å²) in [6, 6.07) is 0. The van der Waals surface area contributed by atoms with E-state index in [0.717, 1.165) is 44.7 Å². The first-order valence-electron chi connectivity index (χ1n) is 13.0. The molecule has 2 rings (SSSR count). The Labute approximate surface area is 182 Å². The van der Waals surface area contributed by atoms with Gasteiger partial charge >= 0.3 is 0 Å². The van der Waals surface area contributed by atoms with Gasteiger partial charge in [0, 0.05) is 19.0 Å². The molecular formula is C26H50N2O. The van der Waals surface area contributed by atoms with Gasteiger partial charge in [-0.3, -0.25) is 4.79 Å². The maximum absolute atomic E-state index is 13.0. The fraction of sp³-hybridized carbons (Fsp3) is 0.962. The summed E-state index contributed by atoms with van der Waals surface area (Å²) in [5, 5.41) is 0. The van der Waals surface area contributed by atoms with Crippen molar-refractivity contribution >= 4 is 5.91 Å². The smallest absolute Gasteiger partial charge is 0.225 e. The number of rotatable bonds is 12. The van der Waals surface area contributed by atoms with Gasteiger partial charge in [-0.2, -0.15) is 0 Å². The molecule has 2 aliphatic rings. The predicted molar refractivity (Wildman–Crippen MR) is 125 cm³/mol. The maximum Gasteiger partial charge on any atom is 0.225 e. The normalized spacial score (nSPS) is 21.1. The van der Waals surface area contributed by atoms with Crippen molar-refractivity contribution in [2.24, 2.45) is 17.3 Å². The third-order valence-corrected chi connectivity index (χ3v) is 7.90. The second-order valence-electron chi connectivity index (χ2n) is 10.3. The Morgan fingerprint density at radius 1 is 0.793 bits per heavy atom. The van der Waals surface area contributed by atoms with Gasteiger partial charge in [0.05, 0.1) is 0 Å². The van der Waals surface area contributed by atoms with Crippen molar-refractivity contribution in [3.05, 3.63) is 0 Å². The minimum atomic E-state index is 0.278. The summed E-state index contributed by atoms with van der Waals surface area (Å²) in [5.41, 5.74) is 0.534. The molecule has 2 saturated heterocycles. The average molecular weight is 407 g/mol. The average Bonchev–Trinajstić information content (AvgIpc) is 2.74. The van der Waals surface area contributed by atoms with E-state index in [2.05, 4.69) is 37.5 Å². The fourth-order valence-electron chi connectivity index (χ4n) is 5.66. The summed E-state index contributed by atoms with van der Waals surface area (Å²) in [7, 11) is 0. The quantitative estimate of drug-likeness (QED) is 0.368. The van der Waals surface area contributed by atoms with Crippen LogP contribution in [0.2, 0.25) is 0 Å². The van der Waals surface area contributed by atoms with Gasteiger partial charge in [-0.25, -0.2) is 0 Å². The van der Waals surface area contributed by atoms with Gasteiger partial charge < -0.3 is 9.80 Å². The molecule has 0 saturated carbocycles. The maximum atomic E-state index is 13.0. The van der Waals surface area contributed by atoms with Gasteiger partial charge in [0.15, 0.2) is 0 Å². The predicted octanol–water partition coefficient (Wildman–Crippen LogP) is 6.51. The molecule has 1 atom stereocenters. The SMILES string of the molecule is CCCCC(C)CCCN1CCC2(CC1)CCN(C(=O)C(CCC)CCC)CC2. The van der Waals surface area contributed by atoms with Gasteiger partial charge in [-0.15, -0.1) is 0 Å². The first kappa shape index (κ1) is 24.7. The van der Waals surface area contributed by atoms with E-state index >= 15 is 0 Å². The van der Waals surface area contributed by atoms with E-state index in [0.29, 0.717) is 11.3 Å². The second-order valence-corrected chi connectivity index (χ2v) is 10.3. The number of likely N-dealkylation sites (tertiary alicyclic amines) is 2. The molecule has 2 fully saturated rings. The van der Waals surface area contributed by atoms with Crippen LogP contribution in [-0.2, 0) is 4.79 Å². The fourth-order valence-corrected chi connectivity index (χ4v) is 5.66. The van der Waals surface area contributed by atoms with Crippen molar-refractivity contribution in [3.8, 4) is 0 Å². The molecular weight excluding hydrogens is 356 g/mol. The van der Waals surface area contributed by atoms with Crippen LogP contribution in [0.25, 0.3) is 0 Å². The number of carbonyl (C=O) groups excluding carboxylic acids is 1. The summed E-state index contributed by atoms with van der Waals surface area (Å²) >= 11 is 0. The molecule has 0 aliphatic carbocycles. The van der Waals surface area contributed by atoms with Crippen molar-refractivity contribution in [1.82, 2.24) is 9.80 Å². The highest BCUT2D eigenvalue weighted by Crippen LogP contribution is 2.41. The largest absolute Gasteiger partial charge is 0.342 e. The number of amides is 1. The number of nitrogens with zero attached hydrogens (tertiary/aromatic N) is 2. The van der Waals surface area contributed by atoms with Crippen molar-refractivity contribution < 1.29 is 4.79 Å². The minimum Gasteiger partial charge on any atom is -0.342 e. The molecule has 3 heteroatoms. The Kier molecular flexibility index (Phi) is 11.0. The number of hydrogen-bond acceptors (Lipinski definition) is 2. The van der Waals surface area contributed by atoms with Crippen LogP contribution in [-0.4, -0.2) is 48.4 Å². The lowest BCUT2D eigenvalue weighted by molar-refractivity contribution is -0.139. The van der Waals surface area contributed by atoms with Crippen molar-refractivity contribution in [2.75, 3.05) is 32.7 Å². The lowest BCUT2D eigenvalue weighted by Gasteiger charge is -2.47.